The smallest absolute Gasteiger partial charge is 0.0196 e. The summed E-state index contributed by atoms with van der Waals surface area (Å²) < 4.78 is 0. The fourth-order valence-corrected chi connectivity index (χ4v) is 5.57. The van der Waals surface area contributed by atoms with Crippen LogP contribution < -0.4 is 0 Å². The maximum atomic E-state index is 2.53. The molecule has 0 amide bonds. The van der Waals surface area contributed by atoms with E-state index in [4.69, 9.17) is 0 Å². The molecule has 0 heteroatoms. The second-order valence-corrected chi connectivity index (χ2v) is 7.62. The van der Waals surface area contributed by atoms with Gasteiger partial charge in [0.1, 0.15) is 0 Å². The van der Waals surface area contributed by atoms with Crippen LogP contribution in [0.25, 0.3) is 0 Å². The highest BCUT2D eigenvalue weighted by molar-refractivity contribution is 5.31. The first kappa shape index (κ1) is 10.2. The normalized spacial score (nSPS) is 57.6. The lowest BCUT2D eigenvalue weighted by atomic mass is 9.69. The van der Waals surface area contributed by atoms with Gasteiger partial charge in [-0.1, -0.05) is 34.6 Å². The van der Waals surface area contributed by atoms with Crippen LogP contribution in [0.2, 0.25) is 0 Å². The molecule has 3 rings (SSSR count). The number of hydrogen-bond acceptors (Lipinski definition) is 0. The van der Waals surface area contributed by atoms with Gasteiger partial charge in [-0.3, -0.25) is 0 Å². The van der Waals surface area contributed by atoms with Gasteiger partial charge in [0.2, 0.25) is 0 Å². The fourth-order valence-electron chi connectivity index (χ4n) is 5.57. The summed E-state index contributed by atoms with van der Waals surface area (Å²) in [7, 11) is 0. The third-order valence-electron chi connectivity index (χ3n) is 6.06. The highest BCUT2D eigenvalue weighted by atomic mass is 14.9. The Morgan fingerprint density at radius 2 is 1.93 bits per heavy atom. The van der Waals surface area contributed by atoms with E-state index in [1.54, 1.807) is 12.8 Å². The summed E-state index contributed by atoms with van der Waals surface area (Å²) >= 11 is 0. The van der Waals surface area contributed by atoms with Gasteiger partial charge in [-0.2, -0.15) is 0 Å². The van der Waals surface area contributed by atoms with Gasteiger partial charge in [0.05, 0.1) is 0 Å². The van der Waals surface area contributed by atoms with Crippen molar-refractivity contribution in [3.05, 3.63) is 0 Å². The van der Waals surface area contributed by atoms with Gasteiger partial charge in [0.15, 0.2) is 0 Å². The van der Waals surface area contributed by atoms with E-state index < -0.39 is 0 Å². The summed E-state index contributed by atoms with van der Waals surface area (Å²) in [6.07, 6.45) is 4.57. The molecule has 1 spiro atoms. The zero-order valence-electron chi connectivity index (χ0n) is 11.0. The standard InChI is InChI=1S/C15H26/c1-9(2)6-10(3)13-11(4)15(13)8-14(5)7-12(14)15/h9-13H,6-8H2,1-5H3. The van der Waals surface area contributed by atoms with Gasteiger partial charge in [0, 0.05) is 0 Å². The Hall–Kier alpha value is 0. The van der Waals surface area contributed by atoms with Crippen LogP contribution in [0.5, 0.6) is 0 Å². The van der Waals surface area contributed by atoms with Gasteiger partial charge in [-0.25, -0.2) is 0 Å². The van der Waals surface area contributed by atoms with E-state index in [1.807, 2.05) is 0 Å². The Balaban J connectivity index is 1.66. The molecule has 0 heterocycles. The van der Waals surface area contributed by atoms with Crippen molar-refractivity contribution in [2.24, 2.45) is 40.4 Å². The third-order valence-corrected chi connectivity index (χ3v) is 6.06. The quantitative estimate of drug-likeness (QED) is 0.644. The van der Waals surface area contributed by atoms with Crippen LogP contribution in [-0.2, 0) is 0 Å². The van der Waals surface area contributed by atoms with Gasteiger partial charge < -0.3 is 0 Å². The molecule has 6 atom stereocenters. The first-order valence-corrected chi connectivity index (χ1v) is 6.92. The minimum atomic E-state index is 0.820. The lowest BCUT2D eigenvalue weighted by molar-refractivity contribution is 0.126. The molecule has 3 aliphatic rings. The molecule has 6 unspecified atom stereocenters. The molecule has 3 fully saturated rings. The molecule has 15 heavy (non-hydrogen) atoms. The number of rotatable bonds is 3. The largest absolute Gasteiger partial charge is 0.0628 e. The highest BCUT2D eigenvalue weighted by Gasteiger charge is 2.83. The lowest BCUT2D eigenvalue weighted by Crippen LogP contribution is -2.29. The molecule has 0 saturated heterocycles. The zero-order valence-corrected chi connectivity index (χ0v) is 11.0. The predicted octanol–water partition coefficient (Wildman–Crippen LogP) is 4.35. The van der Waals surface area contributed by atoms with Crippen LogP contribution in [0.4, 0.5) is 0 Å². The van der Waals surface area contributed by atoms with Gasteiger partial charge in [-0.05, 0) is 59.7 Å². The molecule has 0 aromatic carbocycles. The number of fused-ring (bicyclic) bond motifs is 2. The first-order chi connectivity index (χ1) is 6.92. The summed E-state index contributed by atoms with van der Waals surface area (Å²) in [6.45, 7) is 12.3. The van der Waals surface area contributed by atoms with Crippen molar-refractivity contribution in [1.29, 1.82) is 0 Å². The summed E-state index contributed by atoms with van der Waals surface area (Å²) in [6, 6.07) is 0. The van der Waals surface area contributed by atoms with E-state index in [0.717, 1.165) is 40.4 Å². The van der Waals surface area contributed by atoms with Crippen LogP contribution in [0.15, 0.2) is 0 Å². The summed E-state index contributed by atoms with van der Waals surface area (Å²) in [5, 5.41) is 0. The van der Waals surface area contributed by atoms with Crippen LogP contribution in [0.1, 0.15) is 53.9 Å². The fraction of sp³-hybridized carbons (Fsp3) is 1.00. The minimum Gasteiger partial charge on any atom is -0.0628 e. The van der Waals surface area contributed by atoms with Crippen molar-refractivity contribution in [2.75, 3.05) is 0 Å². The maximum Gasteiger partial charge on any atom is -0.0196 e. The van der Waals surface area contributed by atoms with E-state index in [9.17, 15) is 0 Å². The van der Waals surface area contributed by atoms with Crippen molar-refractivity contribution in [2.45, 2.75) is 53.9 Å². The lowest BCUT2D eigenvalue weighted by Gasteiger charge is -2.35. The van der Waals surface area contributed by atoms with Crippen molar-refractivity contribution in [3.63, 3.8) is 0 Å². The Morgan fingerprint density at radius 1 is 1.27 bits per heavy atom. The summed E-state index contributed by atoms with van der Waals surface area (Å²) in [4.78, 5) is 0. The topological polar surface area (TPSA) is 0 Å². The number of hydrogen-bond donors (Lipinski definition) is 0. The average molecular weight is 206 g/mol. The molecule has 0 aromatic heterocycles. The van der Waals surface area contributed by atoms with Crippen molar-refractivity contribution in [1.82, 2.24) is 0 Å². The van der Waals surface area contributed by atoms with Crippen molar-refractivity contribution < 1.29 is 0 Å². The molecular weight excluding hydrogens is 180 g/mol. The van der Waals surface area contributed by atoms with E-state index in [-0.39, 0.29) is 0 Å². The molecule has 0 aliphatic heterocycles. The highest BCUT2D eigenvalue weighted by Crippen LogP contribution is 2.90. The van der Waals surface area contributed by atoms with Crippen LogP contribution >= 0.6 is 0 Å². The Bertz CT molecular complexity index is 292. The van der Waals surface area contributed by atoms with E-state index >= 15 is 0 Å². The Kier molecular flexibility index (Phi) is 1.78. The molecule has 3 aliphatic carbocycles. The minimum absolute atomic E-state index is 0.820. The second kappa shape index (κ2) is 2.63. The molecular formula is C15H26. The molecule has 0 nitrogen and oxygen atoms in total. The van der Waals surface area contributed by atoms with E-state index in [1.165, 1.54) is 6.42 Å². The van der Waals surface area contributed by atoms with Crippen LogP contribution in [-0.4, -0.2) is 0 Å². The third kappa shape index (κ3) is 1.09. The first-order valence-electron chi connectivity index (χ1n) is 6.92. The predicted molar refractivity (Wildman–Crippen MR) is 64.5 cm³/mol. The average Bonchev–Trinajstić information content (AvgIpc) is 2.86. The van der Waals surface area contributed by atoms with Crippen molar-refractivity contribution in [3.8, 4) is 0 Å². The van der Waals surface area contributed by atoms with Crippen LogP contribution in [0, 0.1) is 40.4 Å². The molecule has 0 radical (unpaired) electrons. The molecule has 3 saturated carbocycles. The Morgan fingerprint density at radius 3 is 2.33 bits per heavy atom. The zero-order chi connectivity index (χ0) is 11.0. The second-order valence-electron chi connectivity index (χ2n) is 7.62. The van der Waals surface area contributed by atoms with Gasteiger partial charge in [-0.15, -0.1) is 0 Å². The Labute approximate surface area is 94.8 Å². The van der Waals surface area contributed by atoms with Gasteiger partial charge in [0.25, 0.3) is 0 Å². The molecule has 0 aromatic rings. The van der Waals surface area contributed by atoms with E-state index in [0.29, 0.717) is 0 Å². The summed E-state index contributed by atoms with van der Waals surface area (Å²) in [5.74, 6) is 5.13. The SMILES string of the molecule is CC(C)CC(C)C1C(C)C12CC1(C)CC12. The van der Waals surface area contributed by atoms with Crippen molar-refractivity contribution >= 4 is 0 Å². The maximum absolute atomic E-state index is 2.53. The summed E-state index contributed by atoms with van der Waals surface area (Å²) in [5.41, 5.74) is 1.67. The molecule has 86 valence electrons. The molecule has 0 bridgehead atoms. The van der Waals surface area contributed by atoms with E-state index in [2.05, 4.69) is 34.6 Å². The van der Waals surface area contributed by atoms with Crippen LogP contribution in [0.3, 0.4) is 0 Å². The monoisotopic (exact) mass is 206 g/mol. The van der Waals surface area contributed by atoms with Gasteiger partial charge >= 0.3 is 0 Å². The molecule has 0 N–H and O–H groups in total.